The van der Waals surface area contributed by atoms with Gasteiger partial charge in [0.15, 0.2) is 5.82 Å². The number of hydrogen-bond acceptors (Lipinski definition) is 7. The molecule has 0 bridgehead atoms. The van der Waals surface area contributed by atoms with Gasteiger partial charge in [0.1, 0.15) is 10.8 Å². The molecule has 7 heteroatoms. The van der Waals surface area contributed by atoms with Crippen molar-refractivity contribution >= 4 is 17.2 Å². The number of thiazole rings is 1. The van der Waals surface area contributed by atoms with Gasteiger partial charge in [-0.2, -0.15) is 4.98 Å². The minimum absolute atomic E-state index is 0.489. The van der Waals surface area contributed by atoms with E-state index in [2.05, 4.69) is 42.9 Å². The molecule has 4 rings (SSSR count). The van der Waals surface area contributed by atoms with Gasteiger partial charge < -0.3 is 9.84 Å². The summed E-state index contributed by atoms with van der Waals surface area (Å²) in [6.45, 7) is 2.39. The molecule has 0 amide bonds. The normalized spacial score (nSPS) is 10.8. The standard InChI is InChI=1S/C18H15N5OS/c1-12-21-17(24-23-12)14-7-8-19-16(9-14)20-10-15-11-25-18(22-15)13-5-3-2-4-6-13/h2-9,11H,10H2,1H3,(H,19,20). The van der Waals surface area contributed by atoms with E-state index in [0.717, 1.165) is 27.6 Å². The van der Waals surface area contributed by atoms with Crippen LogP contribution in [-0.4, -0.2) is 20.1 Å². The van der Waals surface area contributed by atoms with Gasteiger partial charge in [0.2, 0.25) is 0 Å². The van der Waals surface area contributed by atoms with Crippen molar-refractivity contribution in [1.82, 2.24) is 20.1 Å². The molecular weight excluding hydrogens is 334 g/mol. The van der Waals surface area contributed by atoms with Crippen LogP contribution in [0.3, 0.4) is 0 Å². The van der Waals surface area contributed by atoms with Crippen molar-refractivity contribution in [3.05, 3.63) is 65.6 Å². The summed E-state index contributed by atoms with van der Waals surface area (Å²) in [5.41, 5.74) is 2.94. The summed E-state index contributed by atoms with van der Waals surface area (Å²) in [4.78, 5) is 13.2. The molecule has 0 radical (unpaired) electrons. The number of aromatic nitrogens is 4. The molecule has 0 aliphatic carbocycles. The summed E-state index contributed by atoms with van der Waals surface area (Å²) in [6, 6.07) is 13.9. The maximum atomic E-state index is 5.19. The third-order valence-electron chi connectivity index (χ3n) is 3.56. The molecule has 0 atom stereocenters. The summed E-state index contributed by atoms with van der Waals surface area (Å²) in [5.74, 6) is 1.84. The van der Waals surface area contributed by atoms with E-state index in [4.69, 9.17) is 4.52 Å². The zero-order valence-electron chi connectivity index (χ0n) is 13.5. The topological polar surface area (TPSA) is 76.7 Å². The molecule has 4 aromatic rings. The van der Waals surface area contributed by atoms with E-state index in [0.29, 0.717) is 18.3 Å². The Morgan fingerprint density at radius 1 is 1.08 bits per heavy atom. The van der Waals surface area contributed by atoms with Gasteiger partial charge in [-0.3, -0.25) is 0 Å². The third kappa shape index (κ3) is 3.56. The Morgan fingerprint density at radius 2 is 1.96 bits per heavy atom. The quantitative estimate of drug-likeness (QED) is 0.582. The van der Waals surface area contributed by atoms with Crippen LogP contribution in [0.15, 0.2) is 58.6 Å². The largest absolute Gasteiger partial charge is 0.364 e. The van der Waals surface area contributed by atoms with Gasteiger partial charge in [0.25, 0.3) is 5.89 Å². The molecule has 1 aromatic carbocycles. The van der Waals surface area contributed by atoms with Crippen molar-refractivity contribution in [2.45, 2.75) is 13.5 Å². The first-order valence-electron chi connectivity index (χ1n) is 7.78. The monoisotopic (exact) mass is 349 g/mol. The van der Waals surface area contributed by atoms with E-state index in [-0.39, 0.29) is 0 Å². The molecule has 0 saturated heterocycles. The molecule has 124 valence electrons. The van der Waals surface area contributed by atoms with Crippen LogP contribution in [-0.2, 0) is 6.54 Å². The Morgan fingerprint density at radius 3 is 2.76 bits per heavy atom. The van der Waals surface area contributed by atoms with Gasteiger partial charge in [-0.15, -0.1) is 11.3 Å². The highest BCUT2D eigenvalue weighted by Crippen LogP contribution is 2.24. The molecule has 6 nitrogen and oxygen atoms in total. The predicted octanol–water partition coefficient (Wildman–Crippen LogP) is 4.18. The van der Waals surface area contributed by atoms with Crippen LogP contribution in [0.25, 0.3) is 22.0 Å². The van der Waals surface area contributed by atoms with Crippen molar-refractivity contribution in [3.63, 3.8) is 0 Å². The van der Waals surface area contributed by atoms with Crippen molar-refractivity contribution in [2.75, 3.05) is 5.32 Å². The molecule has 0 aliphatic rings. The van der Waals surface area contributed by atoms with Gasteiger partial charge in [-0.1, -0.05) is 35.5 Å². The number of nitrogens with one attached hydrogen (secondary N) is 1. The Balaban J connectivity index is 1.46. The van der Waals surface area contributed by atoms with Crippen LogP contribution in [0.1, 0.15) is 11.5 Å². The van der Waals surface area contributed by atoms with Gasteiger partial charge in [0, 0.05) is 22.7 Å². The Bertz CT molecular complexity index is 980. The highest BCUT2D eigenvalue weighted by Gasteiger charge is 2.08. The molecular formula is C18H15N5OS. The summed E-state index contributed by atoms with van der Waals surface area (Å²) >= 11 is 1.64. The number of pyridine rings is 1. The van der Waals surface area contributed by atoms with Crippen molar-refractivity contribution < 1.29 is 4.52 Å². The molecule has 0 aliphatic heterocycles. The second-order valence-electron chi connectivity index (χ2n) is 5.44. The Hall–Kier alpha value is -3.06. The first-order chi connectivity index (χ1) is 12.3. The van der Waals surface area contributed by atoms with Crippen LogP contribution in [0.5, 0.6) is 0 Å². The second-order valence-corrected chi connectivity index (χ2v) is 6.30. The molecule has 25 heavy (non-hydrogen) atoms. The lowest BCUT2D eigenvalue weighted by molar-refractivity contribution is 0.425. The number of benzene rings is 1. The number of rotatable bonds is 5. The maximum Gasteiger partial charge on any atom is 0.258 e. The van der Waals surface area contributed by atoms with Gasteiger partial charge in [0.05, 0.1) is 12.2 Å². The summed E-state index contributed by atoms with van der Waals surface area (Å²) in [6.07, 6.45) is 1.72. The molecule has 0 unspecified atom stereocenters. The van der Waals surface area contributed by atoms with Crippen molar-refractivity contribution in [1.29, 1.82) is 0 Å². The third-order valence-corrected chi connectivity index (χ3v) is 4.50. The zero-order valence-corrected chi connectivity index (χ0v) is 14.3. The minimum Gasteiger partial charge on any atom is -0.364 e. The predicted molar refractivity (Wildman–Crippen MR) is 97.1 cm³/mol. The van der Waals surface area contributed by atoms with E-state index >= 15 is 0 Å². The fourth-order valence-electron chi connectivity index (χ4n) is 2.36. The van der Waals surface area contributed by atoms with E-state index in [1.807, 2.05) is 30.3 Å². The van der Waals surface area contributed by atoms with Crippen LogP contribution in [0, 0.1) is 6.92 Å². The van der Waals surface area contributed by atoms with Crippen LogP contribution >= 0.6 is 11.3 Å². The maximum absolute atomic E-state index is 5.19. The molecule has 0 saturated carbocycles. The minimum atomic E-state index is 0.489. The highest BCUT2D eigenvalue weighted by molar-refractivity contribution is 7.13. The Kier molecular flexibility index (Phi) is 4.22. The highest BCUT2D eigenvalue weighted by atomic mass is 32.1. The lowest BCUT2D eigenvalue weighted by Gasteiger charge is -2.04. The number of nitrogens with zero attached hydrogens (tertiary/aromatic N) is 4. The summed E-state index contributed by atoms with van der Waals surface area (Å²) < 4.78 is 5.19. The first-order valence-corrected chi connectivity index (χ1v) is 8.66. The smallest absolute Gasteiger partial charge is 0.258 e. The average Bonchev–Trinajstić information content (AvgIpc) is 3.30. The summed E-state index contributed by atoms with van der Waals surface area (Å²) in [7, 11) is 0. The molecule has 0 fully saturated rings. The van der Waals surface area contributed by atoms with E-state index in [1.165, 1.54) is 0 Å². The van der Waals surface area contributed by atoms with Crippen molar-refractivity contribution in [2.24, 2.45) is 0 Å². The lowest BCUT2D eigenvalue weighted by Crippen LogP contribution is -2.01. The van der Waals surface area contributed by atoms with E-state index in [1.54, 1.807) is 24.5 Å². The van der Waals surface area contributed by atoms with E-state index < -0.39 is 0 Å². The molecule has 0 spiro atoms. The van der Waals surface area contributed by atoms with E-state index in [9.17, 15) is 0 Å². The molecule has 3 aromatic heterocycles. The van der Waals surface area contributed by atoms with Crippen molar-refractivity contribution in [3.8, 4) is 22.0 Å². The van der Waals surface area contributed by atoms with Gasteiger partial charge in [-0.05, 0) is 19.1 Å². The SMILES string of the molecule is Cc1noc(-c2ccnc(NCc3csc(-c4ccccc4)n3)c2)n1. The zero-order chi connectivity index (χ0) is 17.1. The van der Waals surface area contributed by atoms with Crippen LogP contribution in [0.2, 0.25) is 0 Å². The number of aryl methyl sites for hydroxylation is 1. The number of hydrogen-bond donors (Lipinski definition) is 1. The lowest BCUT2D eigenvalue weighted by atomic mass is 10.2. The van der Waals surface area contributed by atoms with Gasteiger partial charge in [-0.25, -0.2) is 9.97 Å². The average molecular weight is 349 g/mol. The van der Waals surface area contributed by atoms with Crippen LogP contribution in [0.4, 0.5) is 5.82 Å². The Labute approximate surface area is 148 Å². The summed E-state index contributed by atoms with van der Waals surface area (Å²) in [5, 5.41) is 10.2. The van der Waals surface area contributed by atoms with Crippen LogP contribution < -0.4 is 5.32 Å². The van der Waals surface area contributed by atoms with Gasteiger partial charge >= 0.3 is 0 Å². The second kappa shape index (κ2) is 6.82. The number of anilines is 1. The molecule has 1 N–H and O–H groups in total. The first kappa shape index (κ1) is 15.5. The fraction of sp³-hybridized carbons (Fsp3) is 0.111. The fourth-order valence-corrected chi connectivity index (χ4v) is 3.18. The molecule has 3 heterocycles.